The van der Waals surface area contributed by atoms with Crippen molar-refractivity contribution in [1.82, 2.24) is 9.29 Å². The molecule has 1 amide bonds. The third kappa shape index (κ3) is 5.32. The number of hydrogen-bond acceptors (Lipinski definition) is 3. The van der Waals surface area contributed by atoms with Crippen LogP contribution in [0.4, 0.5) is 5.69 Å². The van der Waals surface area contributed by atoms with Crippen molar-refractivity contribution in [3.05, 3.63) is 107 Å². The lowest BCUT2D eigenvalue weighted by molar-refractivity contribution is -0.117. The van der Waals surface area contributed by atoms with Gasteiger partial charge in [-0.3, -0.25) is 4.79 Å². The minimum absolute atomic E-state index is 0.0929. The standard InChI is InChI=1S/C29H26BrN3O3S/c1-2-33-27-11-7-6-10-24(27)25-19-22(14-17-28(25)33)31-29(34)26(18-20-8-4-3-5-9-20)32-37(35,36)23-15-12-21(30)13-16-23/h3-17,19,26,32H,2,18H2,1H3,(H,31,34)/t26-/m1/s1. The molecule has 0 saturated carbocycles. The van der Waals surface area contributed by atoms with Gasteiger partial charge in [-0.1, -0.05) is 64.5 Å². The van der Waals surface area contributed by atoms with Gasteiger partial charge in [-0.15, -0.1) is 0 Å². The first kappa shape index (κ1) is 25.2. The number of para-hydroxylation sites is 1. The SMILES string of the molecule is CCn1c2ccccc2c2cc(NC(=O)[C@@H](Cc3ccccc3)NS(=O)(=O)c3ccc(Br)cc3)ccc21. The van der Waals surface area contributed by atoms with E-state index in [0.29, 0.717) is 5.69 Å². The summed E-state index contributed by atoms with van der Waals surface area (Å²) in [4.78, 5) is 13.6. The number of hydrogen-bond donors (Lipinski definition) is 2. The molecular weight excluding hydrogens is 550 g/mol. The van der Waals surface area contributed by atoms with Gasteiger partial charge < -0.3 is 9.88 Å². The number of rotatable bonds is 8. The first-order valence-electron chi connectivity index (χ1n) is 12.0. The third-order valence-corrected chi connectivity index (χ3v) is 8.39. The molecule has 0 bridgehead atoms. The van der Waals surface area contributed by atoms with Gasteiger partial charge in [0.1, 0.15) is 6.04 Å². The monoisotopic (exact) mass is 575 g/mol. The molecule has 6 nitrogen and oxygen atoms in total. The highest BCUT2D eigenvalue weighted by Crippen LogP contribution is 2.31. The molecule has 0 unspecified atom stereocenters. The van der Waals surface area contributed by atoms with E-state index in [1.807, 2.05) is 60.7 Å². The number of fused-ring (bicyclic) bond motifs is 3. The normalized spacial score (nSPS) is 12.6. The summed E-state index contributed by atoms with van der Waals surface area (Å²) < 4.78 is 31.9. The maximum atomic E-state index is 13.5. The van der Waals surface area contributed by atoms with Crippen molar-refractivity contribution >= 4 is 59.4 Å². The Hall–Kier alpha value is -3.46. The fourth-order valence-corrected chi connectivity index (χ4v) is 6.07. The molecule has 37 heavy (non-hydrogen) atoms. The second-order valence-electron chi connectivity index (χ2n) is 8.80. The van der Waals surface area contributed by atoms with E-state index in [9.17, 15) is 13.2 Å². The second-order valence-corrected chi connectivity index (χ2v) is 11.4. The zero-order chi connectivity index (χ0) is 26.0. The summed E-state index contributed by atoms with van der Waals surface area (Å²) in [6.45, 7) is 2.93. The third-order valence-electron chi connectivity index (χ3n) is 6.38. The lowest BCUT2D eigenvalue weighted by Gasteiger charge is -2.19. The van der Waals surface area contributed by atoms with E-state index in [-0.39, 0.29) is 11.3 Å². The van der Waals surface area contributed by atoms with Crippen LogP contribution in [-0.4, -0.2) is 24.9 Å². The number of nitrogens with one attached hydrogen (secondary N) is 2. The van der Waals surface area contributed by atoms with Crippen LogP contribution < -0.4 is 10.0 Å². The number of carbonyl (C=O) groups is 1. The minimum atomic E-state index is -3.93. The Bertz CT molecular complexity index is 1680. The van der Waals surface area contributed by atoms with Crippen LogP contribution in [0, 0.1) is 0 Å². The summed E-state index contributed by atoms with van der Waals surface area (Å²) >= 11 is 3.32. The Labute approximate surface area is 224 Å². The van der Waals surface area contributed by atoms with E-state index in [1.165, 1.54) is 12.1 Å². The smallest absolute Gasteiger partial charge is 0.242 e. The molecule has 0 aliphatic carbocycles. The average molecular weight is 577 g/mol. The lowest BCUT2D eigenvalue weighted by atomic mass is 10.1. The molecule has 0 fully saturated rings. The predicted octanol–water partition coefficient (Wildman–Crippen LogP) is 6.11. The summed E-state index contributed by atoms with van der Waals surface area (Å²) in [7, 11) is -3.93. The molecule has 0 aliphatic rings. The van der Waals surface area contributed by atoms with Gasteiger partial charge in [-0.05, 0) is 67.4 Å². The zero-order valence-electron chi connectivity index (χ0n) is 20.2. The van der Waals surface area contributed by atoms with Gasteiger partial charge in [-0.25, -0.2) is 8.42 Å². The number of anilines is 1. The van der Waals surface area contributed by atoms with Gasteiger partial charge in [0.2, 0.25) is 15.9 Å². The molecule has 0 aliphatic heterocycles. The molecule has 2 N–H and O–H groups in total. The number of aryl methyl sites for hydroxylation is 1. The molecule has 0 spiro atoms. The Morgan fingerprint density at radius 1 is 0.865 bits per heavy atom. The van der Waals surface area contributed by atoms with Crippen molar-refractivity contribution < 1.29 is 13.2 Å². The van der Waals surface area contributed by atoms with Gasteiger partial charge in [-0.2, -0.15) is 4.72 Å². The van der Waals surface area contributed by atoms with Crippen LogP contribution in [0.3, 0.4) is 0 Å². The van der Waals surface area contributed by atoms with Gasteiger partial charge in [0.15, 0.2) is 0 Å². The molecule has 0 radical (unpaired) electrons. The Morgan fingerprint density at radius 3 is 2.27 bits per heavy atom. The van der Waals surface area contributed by atoms with Crippen LogP contribution in [0.25, 0.3) is 21.8 Å². The maximum Gasteiger partial charge on any atom is 0.242 e. The molecule has 0 saturated heterocycles. The van der Waals surface area contributed by atoms with Crippen molar-refractivity contribution in [3.8, 4) is 0 Å². The van der Waals surface area contributed by atoms with Crippen LogP contribution >= 0.6 is 15.9 Å². The van der Waals surface area contributed by atoms with Crippen LogP contribution in [0.1, 0.15) is 12.5 Å². The first-order chi connectivity index (χ1) is 17.9. The number of aromatic nitrogens is 1. The molecule has 4 aromatic carbocycles. The van der Waals surface area contributed by atoms with Gasteiger partial charge in [0.25, 0.3) is 0 Å². The van der Waals surface area contributed by atoms with Crippen molar-refractivity contribution in [3.63, 3.8) is 0 Å². The van der Waals surface area contributed by atoms with Crippen molar-refractivity contribution in [2.75, 3.05) is 5.32 Å². The van der Waals surface area contributed by atoms with Crippen LogP contribution in [0.5, 0.6) is 0 Å². The van der Waals surface area contributed by atoms with Gasteiger partial charge in [0.05, 0.1) is 4.90 Å². The van der Waals surface area contributed by atoms with E-state index in [0.717, 1.165) is 38.4 Å². The molecule has 1 aromatic heterocycles. The number of sulfonamides is 1. The predicted molar refractivity (Wildman–Crippen MR) is 152 cm³/mol. The largest absolute Gasteiger partial charge is 0.341 e. The van der Waals surface area contributed by atoms with Crippen molar-refractivity contribution in [2.45, 2.75) is 30.8 Å². The van der Waals surface area contributed by atoms with E-state index in [2.05, 4.69) is 49.6 Å². The van der Waals surface area contributed by atoms with E-state index >= 15 is 0 Å². The molecule has 1 heterocycles. The minimum Gasteiger partial charge on any atom is -0.341 e. The summed E-state index contributed by atoms with van der Waals surface area (Å²) in [5, 5.41) is 5.08. The fraction of sp³-hybridized carbons (Fsp3) is 0.138. The Morgan fingerprint density at radius 2 is 1.54 bits per heavy atom. The number of amides is 1. The lowest BCUT2D eigenvalue weighted by Crippen LogP contribution is -2.45. The quantitative estimate of drug-likeness (QED) is 0.234. The first-order valence-corrected chi connectivity index (χ1v) is 14.3. The van der Waals surface area contributed by atoms with E-state index in [4.69, 9.17) is 0 Å². The number of nitrogens with zero attached hydrogens (tertiary/aromatic N) is 1. The maximum absolute atomic E-state index is 13.5. The average Bonchev–Trinajstić information content (AvgIpc) is 3.22. The summed E-state index contributed by atoms with van der Waals surface area (Å²) in [6, 6.07) is 28.6. The number of carbonyl (C=O) groups excluding carboxylic acids is 1. The van der Waals surface area contributed by atoms with Gasteiger partial charge >= 0.3 is 0 Å². The molecule has 1 atom stereocenters. The van der Waals surface area contributed by atoms with Crippen molar-refractivity contribution in [2.24, 2.45) is 0 Å². The molecular formula is C29H26BrN3O3S. The number of benzene rings is 4. The fourth-order valence-electron chi connectivity index (χ4n) is 4.61. The highest BCUT2D eigenvalue weighted by atomic mass is 79.9. The second kappa shape index (κ2) is 10.5. The molecule has 188 valence electrons. The molecule has 5 rings (SSSR count). The van der Waals surface area contributed by atoms with E-state index in [1.54, 1.807) is 12.1 Å². The highest BCUT2D eigenvalue weighted by molar-refractivity contribution is 9.10. The van der Waals surface area contributed by atoms with Gasteiger partial charge in [0, 0.05) is 38.5 Å². The van der Waals surface area contributed by atoms with Crippen molar-refractivity contribution in [1.29, 1.82) is 0 Å². The number of halogens is 1. The topological polar surface area (TPSA) is 80.2 Å². The summed E-state index contributed by atoms with van der Waals surface area (Å²) in [5.41, 5.74) is 3.67. The van der Waals surface area contributed by atoms with Crippen LogP contribution in [-0.2, 0) is 27.8 Å². The molecule has 8 heteroatoms. The Balaban J connectivity index is 1.46. The Kier molecular flexibility index (Phi) is 7.15. The van der Waals surface area contributed by atoms with Crippen LogP contribution in [0.15, 0.2) is 106 Å². The summed E-state index contributed by atoms with van der Waals surface area (Å²) in [6.07, 6.45) is 0.208. The molecule has 5 aromatic rings. The van der Waals surface area contributed by atoms with Crippen LogP contribution in [0.2, 0.25) is 0 Å². The summed E-state index contributed by atoms with van der Waals surface area (Å²) in [5.74, 6) is -0.428. The zero-order valence-corrected chi connectivity index (χ0v) is 22.6. The van der Waals surface area contributed by atoms with E-state index < -0.39 is 22.0 Å². The highest BCUT2D eigenvalue weighted by Gasteiger charge is 2.26.